The summed E-state index contributed by atoms with van der Waals surface area (Å²) in [5.41, 5.74) is 1.68. The number of hydrogen-bond donors (Lipinski definition) is 0. The summed E-state index contributed by atoms with van der Waals surface area (Å²) in [6.07, 6.45) is 12.1. The number of halogens is 1. The molecule has 0 spiro atoms. The van der Waals surface area contributed by atoms with Crippen molar-refractivity contribution in [1.82, 2.24) is 29.1 Å². The monoisotopic (exact) mass is 332 g/mol. The number of rotatable bonds is 4. The third kappa shape index (κ3) is 2.64. The summed E-state index contributed by atoms with van der Waals surface area (Å²) in [4.78, 5) is 17.3. The fraction of sp³-hybridized carbons (Fsp3) is 0.111. The van der Waals surface area contributed by atoms with Crippen LogP contribution in [0.4, 0.5) is 4.39 Å². The van der Waals surface area contributed by atoms with Gasteiger partial charge in [0.25, 0.3) is 0 Å². The Morgan fingerprint density at radius 3 is 2.76 bits per heavy atom. The lowest BCUT2D eigenvalue weighted by atomic mass is 10.3. The topological polar surface area (TPSA) is 61.4 Å². The quantitative estimate of drug-likeness (QED) is 0.539. The van der Waals surface area contributed by atoms with Gasteiger partial charge in [-0.05, 0) is 24.3 Å². The summed E-state index contributed by atoms with van der Waals surface area (Å²) < 4.78 is 17.7. The number of pyridine rings is 2. The van der Waals surface area contributed by atoms with Crippen molar-refractivity contribution >= 4 is 11.2 Å². The van der Waals surface area contributed by atoms with Crippen LogP contribution in [0.3, 0.4) is 0 Å². The number of nitrogens with zero attached hydrogens (tertiary/aromatic N) is 6. The molecular weight excluding hydrogens is 319 g/mol. The van der Waals surface area contributed by atoms with E-state index in [1.165, 1.54) is 12.3 Å². The molecule has 25 heavy (non-hydrogen) atoms. The fourth-order valence-corrected chi connectivity index (χ4v) is 2.74. The number of fused-ring (bicyclic) bond motifs is 1. The highest BCUT2D eigenvalue weighted by molar-refractivity contribution is 5.71. The van der Waals surface area contributed by atoms with E-state index in [1.807, 2.05) is 16.7 Å². The molecule has 4 rings (SSSR count). The molecule has 0 fully saturated rings. The molecule has 0 atom stereocenters. The lowest BCUT2D eigenvalue weighted by molar-refractivity contribution is 0.619. The van der Waals surface area contributed by atoms with Gasteiger partial charge in [-0.15, -0.1) is 6.42 Å². The van der Waals surface area contributed by atoms with Gasteiger partial charge in [-0.2, -0.15) is 0 Å². The van der Waals surface area contributed by atoms with E-state index in [2.05, 4.69) is 25.9 Å². The predicted octanol–water partition coefficient (Wildman–Crippen LogP) is 2.51. The zero-order valence-electron chi connectivity index (χ0n) is 13.2. The fourth-order valence-electron chi connectivity index (χ4n) is 2.74. The minimum absolute atomic E-state index is 0.199. The lowest BCUT2D eigenvalue weighted by Crippen LogP contribution is -2.10. The van der Waals surface area contributed by atoms with Crippen LogP contribution in [-0.4, -0.2) is 29.1 Å². The summed E-state index contributed by atoms with van der Waals surface area (Å²) in [5, 5.41) is 0. The van der Waals surface area contributed by atoms with Gasteiger partial charge in [0.15, 0.2) is 17.3 Å². The molecule has 0 saturated carbocycles. The first-order chi connectivity index (χ1) is 12.3. The number of imidazole rings is 2. The number of aromatic nitrogens is 6. The molecule has 0 N–H and O–H groups in total. The Kier molecular flexibility index (Phi) is 3.71. The highest BCUT2D eigenvalue weighted by atomic mass is 19.1. The zero-order valence-corrected chi connectivity index (χ0v) is 13.2. The van der Waals surface area contributed by atoms with Gasteiger partial charge in [0.05, 0.1) is 13.1 Å². The smallest absolute Gasteiger partial charge is 0.162 e. The van der Waals surface area contributed by atoms with Crippen molar-refractivity contribution in [3.63, 3.8) is 0 Å². The van der Waals surface area contributed by atoms with Crippen LogP contribution in [0.25, 0.3) is 22.7 Å². The summed E-state index contributed by atoms with van der Waals surface area (Å²) >= 11 is 0. The molecule has 122 valence electrons. The number of terminal acetylenes is 1. The molecule has 0 bridgehead atoms. The first-order valence-corrected chi connectivity index (χ1v) is 7.63. The van der Waals surface area contributed by atoms with Crippen molar-refractivity contribution in [2.75, 3.05) is 0 Å². The molecule has 0 radical (unpaired) electrons. The minimum Gasteiger partial charge on any atom is -0.322 e. The first-order valence-electron chi connectivity index (χ1n) is 7.63. The molecule has 0 saturated heterocycles. The zero-order chi connectivity index (χ0) is 17.2. The summed E-state index contributed by atoms with van der Waals surface area (Å²) in [6.45, 7) is 0.730. The lowest BCUT2D eigenvalue weighted by Gasteiger charge is -2.09. The Morgan fingerprint density at radius 1 is 1.08 bits per heavy atom. The van der Waals surface area contributed by atoms with Gasteiger partial charge < -0.3 is 4.57 Å². The van der Waals surface area contributed by atoms with Crippen molar-refractivity contribution in [2.24, 2.45) is 0 Å². The molecule has 0 unspecified atom stereocenters. The van der Waals surface area contributed by atoms with Gasteiger partial charge in [0.1, 0.15) is 17.0 Å². The molecule has 0 amide bonds. The Hall–Kier alpha value is -3.53. The maximum absolute atomic E-state index is 14.1. The van der Waals surface area contributed by atoms with Gasteiger partial charge >= 0.3 is 0 Å². The van der Waals surface area contributed by atoms with Gasteiger partial charge in [0.2, 0.25) is 0 Å². The van der Waals surface area contributed by atoms with Crippen molar-refractivity contribution in [3.05, 3.63) is 60.7 Å². The molecule has 4 heterocycles. The molecule has 0 aliphatic heterocycles. The third-order valence-electron chi connectivity index (χ3n) is 3.83. The van der Waals surface area contributed by atoms with Crippen LogP contribution >= 0.6 is 0 Å². The average Bonchev–Trinajstić information content (AvgIpc) is 3.21. The van der Waals surface area contributed by atoms with Crippen LogP contribution < -0.4 is 0 Å². The SMILES string of the molecule is C#CCn1c(Cn2ccnc2-c2ncccc2F)nc2cccnc21. The molecule has 6 nitrogen and oxygen atoms in total. The van der Waals surface area contributed by atoms with E-state index in [9.17, 15) is 4.39 Å². The van der Waals surface area contributed by atoms with Crippen LogP contribution in [0.5, 0.6) is 0 Å². The summed E-state index contributed by atoms with van der Waals surface area (Å²) in [5.74, 6) is 3.36. The minimum atomic E-state index is -0.422. The molecule has 4 aromatic rings. The normalized spacial score (nSPS) is 10.9. The Balaban J connectivity index is 1.79. The van der Waals surface area contributed by atoms with Crippen molar-refractivity contribution < 1.29 is 4.39 Å². The van der Waals surface area contributed by atoms with E-state index in [4.69, 9.17) is 6.42 Å². The maximum Gasteiger partial charge on any atom is 0.162 e. The highest BCUT2D eigenvalue weighted by Crippen LogP contribution is 2.20. The van der Waals surface area contributed by atoms with Gasteiger partial charge in [-0.1, -0.05) is 5.92 Å². The largest absolute Gasteiger partial charge is 0.322 e. The van der Waals surface area contributed by atoms with Crippen LogP contribution in [0.2, 0.25) is 0 Å². The van der Waals surface area contributed by atoms with E-state index >= 15 is 0 Å². The van der Waals surface area contributed by atoms with E-state index in [0.717, 1.165) is 17.0 Å². The van der Waals surface area contributed by atoms with Crippen molar-refractivity contribution in [1.29, 1.82) is 0 Å². The second-order valence-electron chi connectivity index (χ2n) is 5.38. The van der Waals surface area contributed by atoms with Crippen LogP contribution in [-0.2, 0) is 13.1 Å². The second kappa shape index (κ2) is 6.17. The van der Waals surface area contributed by atoms with Crippen LogP contribution in [0.1, 0.15) is 5.82 Å². The Labute approximate surface area is 143 Å². The van der Waals surface area contributed by atoms with Crippen molar-refractivity contribution in [2.45, 2.75) is 13.1 Å². The highest BCUT2D eigenvalue weighted by Gasteiger charge is 2.16. The van der Waals surface area contributed by atoms with Gasteiger partial charge in [-0.3, -0.25) is 4.57 Å². The second-order valence-corrected chi connectivity index (χ2v) is 5.38. The Bertz CT molecular complexity index is 1090. The predicted molar refractivity (Wildman–Crippen MR) is 90.9 cm³/mol. The maximum atomic E-state index is 14.1. The van der Waals surface area contributed by atoms with E-state index in [0.29, 0.717) is 18.9 Å². The van der Waals surface area contributed by atoms with Crippen molar-refractivity contribution in [3.8, 4) is 23.9 Å². The number of hydrogen-bond acceptors (Lipinski definition) is 4. The van der Waals surface area contributed by atoms with E-state index in [1.54, 1.807) is 29.2 Å². The van der Waals surface area contributed by atoms with Crippen LogP contribution in [0.15, 0.2) is 49.1 Å². The summed E-state index contributed by atoms with van der Waals surface area (Å²) in [6, 6.07) is 6.61. The van der Waals surface area contributed by atoms with Gasteiger partial charge in [-0.25, -0.2) is 24.3 Å². The van der Waals surface area contributed by atoms with Gasteiger partial charge in [0, 0.05) is 24.8 Å². The molecule has 0 aromatic carbocycles. The van der Waals surface area contributed by atoms with E-state index in [-0.39, 0.29) is 5.69 Å². The molecule has 4 aromatic heterocycles. The Morgan fingerprint density at radius 2 is 1.92 bits per heavy atom. The van der Waals surface area contributed by atoms with Crippen LogP contribution in [0, 0.1) is 18.2 Å². The molecular formula is C18H13FN6. The van der Waals surface area contributed by atoms with E-state index < -0.39 is 5.82 Å². The first kappa shape index (κ1) is 15.0. The summed E-state index contributed by atoms with van der Waals surface area (Å²) in [7, 11) is 0. The molecule has 0 aliphatic rings. The average molecular weight is 332 g/mol. The molecule has 0 aliphatic carbocycles. The standard InChI is InChI=1S/C18H13FN6/c1-2-10-25-15(23-14-6-4-8-21-17(14)25)12-24-11-9-22-18(24)16-13(19)5-3-7-20-16/h1,3-9,11H,10,12H2. The molecule has 7 heteroatoms. The third-order valence-corrected chi connectivity index (χ3v) is 3.83.